The Labute approximate surface area is 111 Å². The van der Waals surface area contributed by atoms with Crippen LogP contribution in [0.5, 0.6) is 0 Å². The van der Waals surface area contributed by atoms with Crippen molar-refractivity contribution in [2.24, 2.45) is 5.73 Å². The van der Waals surface area contributed by atoms with Crippen LogP contribution in [0, 0.1) is 0 Å². The van der Waals surface area contributed by atoms with Gasteiger partial charge in [-0.2, -0.15) is 22.0 Å². The second-order valence-corrected chi connectivity index (χ2v) is 3.91. The fourth-order valence-electron chi connectivity index (χ4n) is 1.58. The van der Waals surface area contributed by atoms with E-state index in [0.717, 1.165) is 18.2 Å². The van der Waals surface area contributed by atoms with Crippen LogP contribution in [-0.2, 0) is 15.7 Å². The van der Waals surface area contributed by atoms with Crippen LogP contribution in [0.4, 0.5) is 22.0 Å². The van der Waals surface area contributed by atoms with E-state index in [9.17, 15) is 26.7 Å². The molecule has 0 amide bonds. The van der Waals surface area contributed by atoms with Crippen molar-refractivity contribution >= 4 is 5.97 Å². The third-order valence-electron chi connectivity index (χ3n) is 2.54. The van der Waals surface area contributed by atoms with E-state index in [-0.39, 0.29) is 6.61 Å². The van der Waals surface area contributed by atoms with Gasteiger partial charge in [0, 0.05) is 0 Å². The molecule has 1 rings (SSSR count). The lowest BCUT2D eigenvalue weighted by Gasteiger charge is -2.24. The molecule has 0 aromatic heterocycles. The smallest absolute Gasteiger partial charge is 0.416 e. The van der Waals surface area contributed by atoms with E-state index in [4.69, 9.17) is 5.73 Å². The Morgan fingerprint density at radius 2 is 1.80 bits per heavy atom. The zero-order valence-electron chi connectivity index (χ0n) is 10.4. The highest BCUT2D eigenvalue weighted by Gasteiger charge is 2.50. The minimum absolute atomic E-state index is 0.331. The Morgan fingerprint density at radius 3 is 2.30 bits per heavy atom. The first kappa shape index (κ1) is 16.4. The number of benzene rings is 1. The number of carbonyl (C=O) groups is 1. The molecule has 112 valence electrons. The summed E-state index contributed by atoms with van der Waals surface area (Å²) < 4.78 is 69.7. The highest BCUT2D eigenvalue weighted by atomic mass is 19.4. The average molecular weight is 297 g/mol. The second kappa shape index (κ2) is 5.74. The fourth-order valence-corrected chi connectivity index (χ4v) is 1.58. The predicted molar refractivity (Wildman–Crippen MR) is 60.0 cm³/mol. The summed E-state index contributed by atoms with van der Waals surface area (Å²) in [4.78, 5) is 11.1. The van der Waals surface area contributed by atoms with Crippen molar-refractivity contribution in [3.8, 4) is 0 Å². The van der Waals surface area contributed by atoms with Crippen LogP contribution in [0.25, 0.3) is 0 Å². The molecule has 0 saturated heterocycles. The molecule has 0 spiro atoms. The van der Waals surface area contributed by atoms with E-state index in [2.05, 4.69) is 4.74 Å². The van der Waals surface area contributed by atoms with Gasteiger partial charge in [0.15, 0.2) is 0 Å². The molecule has 20 heavy (non-hydrogen) atoms. The number of carbonyl (C=O) groups excluding carboxylic acids is 1. The number of halogens is 5. The first-order valence-corrected chi connectivity index (χ1v) is 5.59. The Balaban J connectivity index is 3.21. The molecule has 0 aliphatic carbocycles. The van der Waals surface area contributed by atoms with Gasteiger partial charge in [0.1, 0.15) is 6.04 Å². The minimum Gasteiger partial charge on any atom is -0.462 e. The van der Waals surface area contributed by atoms with Gasteiger partial charge in [-0.1, -0.05) is 18.2 Å². The summed E-state index contributed by atoms with van der Waals surface area (Å²) in [5.74, 6) is -6.21. The van der Waals surface area contributed by atoms with Crippen molar-refractivity contribution in [3.63, 3.8) is 0 Å². The largest absolute Gasteiger partial charge is 0.462 e. The summed E-state index contributed by atoms with van der Waals surface area (Å²) in [5.41, 5.74) is 2.98. The van der Waals surface area contributed by atoms with Crippen LogP contribution >= 0.6 is 0 Å². The van der Waals surface area contributed by atoms with Crippen LogP contribution in [-0.4, -0.2) is 18.5 Å². The van der Waals surface area contributed by atoms with Gasteiger partial charge in [-0.25, -0.2) is 4.79 Å². The van der Waals surface area contributed by atoms with Gasteiger partial charge in [-0.15, -0.1) is 0 Å². The lowest BCUT2D eigenvalue weighted by molar-refractivity contribution is -0.175. The summed E-state index contributed by atoms with van der Waals surface area (Å²) in [5, 5.41) is 0. The molecule has 0 bridgehead atoms. The molecule has 0 saturated carbocycles. The van der Waals surface area contributed by atoms with Gasteiger partial charge < -0.3 is 10.5 Å². The zero-order chi connectivity index (χ0) is 15.6. The van der Waals surface area contributed by atoms with Crippen LogP contribution in [0.3, 0.4) is 0 Å². The molecule has 0 aliphatic heterocycles. The summed E-state index contributed by atoms with van der Waals surface area (Å²) in [6.45, 7) is 0.964. The number of hydrogen-bond acceptors (Lipinski definition) is 3. The van der Waals surface area contributed by atoms with Gasteiger partial charge in [0.25, 0.3) is 0 Å². The molecular formula is C12H12F5NO2. The van der Waals surface area contributed by atoms with Gasteiger partial charge in [-0.3, -0.25) is 0 Å². The van der Waals surface area contributed by atoms with Crippen molar-refractivity contribution < 1.29 is 31.5 Å². The highest BCUT2D eigenvalue weighted by Crippen LogP contribution is 2.38. The van der Waals surface area contributed by atoms with Crippen LogP contribution in [0.15, 0.2) is 24.3 Å². The normalized spacial score (nSPS) is 13.9. The van der Waals surface area contributed by atoms with Crippen molar-refractivity contribution in [2.45, 2.75) is 25.1 Å². The monoisotopic (exact) mass is 297 g/mol. The third kappa shape index (κ3) is 3.24. The highest BCUT2D eigenvalue weighted by molar-refractivity contribution is 5.79. The topological polar surface area (TPSA) is 52.3 Å². The number of esters is 1. The molecule has 0 radical (unpaired) electrons. The predicted octanol–water partition coefficient (Wildman–Crippen LogP) is 2.90. The molecular weight excluding hydrogens is 285 g/mol. The van der Waals surface area contributed by atoms with Crippen LogP contribution in [0.2, 0.25) is 0 Å². The molecule has 0 fully saturated rings. The molecule has 8 heteroatoms. The minimum atomic E-state index is -4.85. The van der Waals surface area contributed by atoms with E-state index < -0.39 is 35.2 Å². The summed E-state index contributed by atoms with van der Waals surface area (Å²) in [7, 11) is 0. The number of rotatable bonds is 4. The molecule has 1 aromatic carbocycles. The summed E-state index contributed by atoms with van der Waals surface area (Å²) in [6, 6.07) is 1.16. The SMILES string of the molecule is CCOC(=O)C(F)(F)[C@H](N)c1ccccc1C(F)(F)F. The Kier molecular flexibility index (Phi) is 4.69. The maximum absolute atomic E-state index is 13.7. The molecule has 1 aromatic rings. The van der Waals surface area contributed by atoms with Gasteiger partial charge in [0.05, 0.1) is 12.2 Å². The number of ether oxygens (including phenoxy) is 1. The van der Waals surface area contributed by atoms with Gasteiger partial charge >= 0.3 is 18.1 Å². The number of hydrogen-bond donors (Lipinski definition) is 1. The van der Waals surface area contributed by atoms with E-state index >= 15 is 0 Å². The molecule has 0 heterocycles. The molecule has 0 unspecified atom stereocenters. The Bertz CT molecular complexity index is 487. The number of nitrogens with two attached hydrogens (primary N) is 1. The maximum Gasteiger partial charge on any atom is 0.416 e. The quantitative estimate of drug-likeness (QED) is 0.687. The van der Waals surface area contributed by atoms with Crippen molar-refractivity contribution in [1.29, 1.82) is 0 Å². The maximum atomic E-state index is 13.7. The van der Waals surface area contributed by atoms with E-state index in [1.165, 1.54) is 6.92 Å². The average Bonchev–Trinajstić information content (AvgIpc) is 2.37. The Morgan fingerprint density at radius 1 is 1.25 bits per heavy atom. The first-order chi connectivity index (χ1) is 9.12. The van der Waals surface area contributed by atoms with Gasteiger partial charge in [0.2, 0.25) is 0 Å². The fraction of sp³-hybridized carbons (Fsp3) is 0.417. The Hall–Kier alpha value is -1.70. The first-order valence-electron chi connectivity index (χ1n) is 5.59. The molecule has 3 nitrogen and oxygen atoms in total. The molecule has 0 aliphatic rings. The summed E-state index contributed by atoms with van der Waals surface area (Å²) in [6.07, 6.45) is -4.85. The second-order valence-electron chi connectivity index (χ2n) is 3.91. The van der Waals surface area contributed by atoms with E-state index in [1.807, 2.05) is 0 Å². The van der Waals surface area contributed by atoms with E-state index in [0.29, 0.717) is 6.07 Å². The lowest BCUT2D eigenvalue weighted by Crippen LogP contribution is -2.42. The van der Waals surface area contributed by atoms with Crippen molar-refractivity contribution in [1.82, 2.24) is 0 Å². The third-order valence-corrected chi connectivity index (χ3v) is 2.54. The zero-order valence-corrected chi connectivity index (χ0v) is 10.4. The van der Waals surface area contributed by atoms with Crippen LogP contribution < -0.4 is 5.73 Å². The lowest BCUT2D eigenvalue weighted by atomic mass is 9.96. The molecule has 1 atom stereocenters. The standard InChI is InChI=1S/C12H12F5NO2/c1-2-20-10(19)11(13,14)9(18)7-5-3-4-6-8(7)12(15,16)17/h3-6,9H,2,18H2,1H3/t9-/m1/s1. The van der Waals surface area contributed by atoms with E-state index in [1.54, 1.807) is 0 Å². The summed E-state index contributed by atoms with van der Waals surface area (Å²) >= 11 is 0. The van der Waals surface area contributed by atoms with Crippen LogP contribution in [0.1, 0.15) is 24.1 Å². The molecule has 2 N–H and O–H groups in total. The van der Waals surface area contributed by atoms with Crippen molar-refractivity contribution in [2.75, 3.05) is 6.61 Å². The van der Waals surface area contributed by atoms with Crippen molar-refractivity contribution in [3.05, 3.63) is 35.4 Å². The van der Waals surface area contributed by atoms with Gasteiger partial charge in [-0.05, 0) is 18.6 Å². The number of alkyl halides is 5.